The highest BCUT2D eigenvalue weighted by molar-refractivity contribution is 7.89. The molecular weight excluding hydrogens is 408 g/mol. The number of hydrogen-bond acceptors (Lipinski definition) is 6. The summed E-state index contributed by atoms with van der Waals surface area (Å²) in [4.78, 5) is 12.8. The van der Waals surface area contributed by atoms with E-state index in [1.54, 1.807) is 6.92 Å². The smallest absolute Gasteiger partial charge is 0.241 e. The first-order valence-electron chi connectivity index (χ1n) is 9.38. The third-order valence-corrected chi connectivity index (χ3v) is 5.84. The van der Waals surface area contributed by atoms with Gasteiger partial charge in [-0.25, -0.2) is 8.42 Å². The Kier molecular flexibility index (Phi) is 8.64. The molecule has 0 heterocycles. The van der Waals surface area contributed by atoms with E-state index in [0.29, 0.717) is 12.4 Å². The van der Waals surface area contributed by atoms with Crippen LogP contribution in [0.2, 0.25) is 0 Å². The summed E-state index contributed by atoms with van der Waals surface area (Å²) >= 11 is 0. The van der Waals surface area contributed by atoms with Crippen LogP contribution in [0, 0.1) is 0 Å². The second-order valence-electron chi connectivity index (χ2n) is 6.75. The van der Waals surface area contributed by atoms with Crippen LogP contribution in [0.3, 0.4) is 0 Å². The first-order valence-corrected chi connectivity index (χ1v) is 10.9. The molecular formula is C21H28N2O6S. The van der Waals surface area contributed by atoms with E-state index in [1.807, 2.05) is 30.3 Å². The van der Waals surface area contributed by atoms with Crippen molar-refractivity contribution in [3.63, 3.8) is 0 Å². The van der Waals surface area contributed by atoms with Gasteiger partial charge in [-0.2, -0.15) is 4.72 Å². The van der Waals surface area contributed by atoms with E-state index in [1.165, 1.54) is 39.5 Å². The zero-order valence-electron chi connectivity index (χ0n) is 17.5. The molecule has 0 saturated heterocycles. The lowest BCUT2D eigenvalue weighted by atomic mass is 10.1. The monoisotopic (exact) mass is 436 g/mol. The van der Waals surface area contributed by atoms with Crippen LogP contribution in [0.15, 0.2) is 53.4 Å². The third kappa shape index (κ3) is 6.45. The predicted molar refractivity (Wildman–Crippen MR) is 113 cm³/mol. The Morgan fingerprint density at radius 1 is 1.00 bits per heavy atom. The van der Waals surface area contributed by atoms with E-state index in [4.69, 9.17) is 14.2 Å². The average Bonchev–Trinajstić information content (AvgIpc) is 2.73. The topological polar surface area (TPSA) is 103 Å². The molecule has 1 amide bonds. The summed E-state index contributed by atoms with van der Waals surface area (Å²) in [5.74, 6) is 0.244. The normalized spacial score (nSPS) is 13.3. The molecule has 8 nitrogen and oxygen atoms in total. The van der Waals surface area contributed by atoms with Crippen molar-refractivity contribution in [2.75, 3.05) is 27.9 Å². The zero-order chi connectivity index (χ0) is 22.1. The summed E-state index contributed by atoms with van der Waals surface area (Å²) in [5, 5.41) is 2.78. The Morgan fingerprint density at radius 2 is 1.67 bits per heavy atom. The average molecular weight is 437 g/mol. The number of benzene rings is 2. The van der Waals surface area contributed by atoms with Crippen molar-refractivity contribution in [3.8, 4) is 11.5 Å². The second kappa shape index (κ2) is 11.0. The number of rotatable bonds is 11. The maximum Gasteiger partial charge on any atom is 0.241 e. The highest BCUT2D eigenvalue weighted by Crippen LogP contribution is 2.29. The number of carbonyl (C=O) groups is 1. The maximum atomic E-state index is 13.0. The first-order chi connectivity index (χ1) is 14.3. The lowest BCUT2D eigenvalue weighted by Gasteiger charge is -2.21. The zero-order valence-corrected chi connectivity index (χ0v) is 18.4. The second-order valence-corrected chi connectivity index (χ2v) is 8.46. The molecule has 2 N–H and O–H groups in total. The van der Waals surface area contributed by atoms with Crippen LogP contribution in [0.25, 0.3) is 0 Å². The van der Waals surface area contributed by atoms with Gasteiger partial charge in [0.25, 0.3) is 0 Å². The molecule has 9 heteroatoms. The van der Waals surface area contributed by atoms with Gasteiger partial charge in [-0.3, -0.25) is 4.79 Å². The highest BCUT2D eigenvalue weighted by Gasteiger charge is 2.27. The van der Waals surface area contributed by atoms with Gasteiger partial charge in [0.2, 0.25) is 15.9 Å². The van der Waals surface area contributed by atoms with Crippen molar-refractivity contribution in [1.29, 1.82) is 0 Å². The minimum absolute atomic E-state index is 0.0315. The maximum absolute atomic E-state index is 13.0. The summed E-state index contributed by atoms with van der Waals surface area (Å²) in [6, 6.07) is 12.2. The van der Waals surface area contributed by atoms with Crippen LogP contribution in [0.4, 0.5) is 0 Å². The van der Waals surface area contributed by atoms with Crippen LogP contribution in [-0.2, 0) is 26.0 Å². The lowest BCUT2D eigenvalue weighted by molar-refractivity contribution is -0.123. The van der Waals surface area contributed by atoms with Crippen LogP contribution in [0.5, 0.6) is 11.5 Å². The Bertz CT molecular complexity index is 934. The van der Waals surface area contributed by atoms with Crippen LogP contribution < -0.4 is 19.5 Å². The van der Waals surface area contributed by atoms with E-state index in [9.17, 15) is 13.2 Å². The van der Waals surface area contributed by atoms with Gasteiger partial charge in [0, 0.05) is 19.2 Å². The van der Waals surface area contributed by atoms with Gasteiger partial charge in [0.05, 0.1) is 25.7 Å². The van der Waals surface area contributed by atoms with Gasteiger partial charge in [-0.05, 0) is 31.0 Å². The summed E-state index contributed by atoms with van der Waals surface area (Å²) in [6.45, 7) is 2.09. The quantitative estimate of drug-likeness (QED) is 0.556. The van der Waals surface area contributed by atoms with Crippen molar-refractivity contribution >= 4 is 15.9 Å². The van der Waals surface area contributed by atoms with Crippen molar-refractivity contribution in [2.24, 2.45) is 0 Å². The minimum Gasteiger partial charge on any atom is -0.493 e. The van der Waals surface area contributed by atoms with E-state index in [2.05, 4.69) is 10.0 Å². The van der Waals surface area contributed by atoms with E-state index in [0.717, 1.165) is 5.56 Å². The van der Waals surface area contributed by atoms with E-state index < -0.39 is 22.0 Å². The predicted octanol–water partition coefficient (Wildman–Crippen LogP) is 1.74. The van der Waals surface area contributed by atoms with Gasteiger partial charge < -0.3 is 19.5 Å². The molecule has 0 aliphatic carbocycles. The van der Waals surface area contributed by atoms with Crippen LogP contribution in [-0.4, -0.2) is 54.3 Å². The summed E-state index contributed by atoms with van der Waals surface area (Å²) in [7, 11) is 0.409. The van der Waals surface area contributed by atoms with Crippen molar-refractivity contribution in [1.82, 2.24) is 10.0 Å². The number of methoxy groups -OCH3 is 3. The summed E-state index contributed by atoms with van der Waals surface area (Å²) in [5.41, 5.74) is 0.826. The lowest BCUT2D eigenvalue weighted by Crippen LogP contribution is -2.50. The number of amides is 1. The molecule has 164 valence electrons. The molecule has 0 aromatic heterocycles. The van der Waals surface area contributed by atoms with Crippen molar-refractivity contribution in [2.45, 2.75) is 30.3 Å². The SMILES string of the molecule is COCC(C)NC(=O)C(Cc1ccccc1)NS(=O)(=O)c1ccc(OC)c(OC)c1. The molecule has 0 spiro atoms. The van der Waals surface area contributed by atoms with Crippen LogP contribution >= 0.6 is 0 Å². The largest absolute Gasteiger partial charge is 0.493 e. The third-order valence-electron chi connectivity index (χ3n) is 4.37. The van der Waals surface area contributed by atoms with Gasteiger partial charge in [-0.15, -0.1) is 0 Å². The fourth-order valence-electron chi connectivity index (χ4n) is 2.91. The van der Waals surface area contributed by atoms with Gasteiger partial charge in [0.1, 0.15) is 6.04 Å². The van der Waals surface area contributed by atoms with Crippen molar-refractivity contribution in [3.05, 3.63) is 54.1 Å². The number of hydrogen-bond donors (Lipinski definition) is 2. The summed E-state index contributed by atoms with van der Waals surface area (Å²) < 4.78 is 43.9. The number of carbonyl (C=O) groups excluding carboxylic acids is 1. The molecule has 0 fully saturated rings. The molecule has 0 aliphatic rings. The standard InChI is InChI=1S/C21H28N2O6S/c1-15(14-27-2)22-21(24)18(12-16-8-6-5-7-9-16)23-30(25,26)17-10-11-19(28-3)20(13-17)29-4/h5-11,13,15,18,23H,12,14H2,1-4H3,(H,22,24). The molecule has 0 saturated carbocycles. The Balaban J connectivity index is 2.30. The molecule has 0 aliphatic heterocycles. The molecule has 2 rings (SSSR count). The first kappa shape index (κ1) is 23.7. The fraction of sp³-hybridized carbons (Fsp3) is 0.381. The number of sulfonamides is 1. The van der Waals surface area contributed by atoms with Gasteiger partial charge in [-0.1, -0.05) is 30.3 Å². The van der Waals surface area contributed by atoms with E-state index in [-0.39, 0.29) is 23.1 Å². The summed E-state index contributed by atoms with van der Waals surface area (Å²) in [6.07, 6.45) is 0.193. The fourth-order valence-corrected chi connectivity index (χ4v) is 4.12. The van der Waals surface area contributed by atoms with Gasteiger partial charge >= 0.3 is 0 Å². The van der Waals surface area contributed by atoms with Crippen LogP contribution in [0.1, 0.15) is 12.5 Å². The highest BCUT2D eigenvalue weighted by atomic mass is 32.2. The molecule has 0 radical (unpaired) electrons. The Morgan fingerprint density at radius 3 is 2.27 bits per heavy atom. The van der Waals surface area contributed by atoms with Crippen molar-refractivity contribution < 1.29 is 27.4 Å². The number of ether oxygens (including phenoxy) is 3. The van der Waals surface area contributed by atoms with Gasteiger partial charge in [0.15, 0.2) is 11.5 Å². The molecule has 30 heavy (non-hydrogen) atoms. The minimum atomic E-state index is -4.01. The molecule has 0 bridgehead atoms. The molecule has 2 unspecified atom stereocenters. The Labute approximate surface area is 177 Å². The van der Waals surface area contributed by atoms with E-state index >= 15 is 0 Å². The Hall–Kier alpha value is -2.62. The number of nitrogens with one attached hydrogen (secondary N) is 2. The molecule has 2 aromatic carbocycles. The molecule has 2 aromatic rings. The molecule has 2 atom stereocenters.